The predicted molar refractivity (Wildman–Crippen MR) is 75.6 cm³/mol. The first kappa shape index (κ1) is 13.1. The van der Waals surface area contributed by atoms with Crippen molar-refractivity contribution >= 4 is 5.95 Å². The lowest BCUT2D eigenvalue weighted by Gasteiger charge is -2.19. The minimum atomic E-state index is 0.447. The third kappa shape index (κ3) is 3.33. The molecular formula is C14H19N5O. The number of aromatic amines is 1. The fraction of sp³-hybridized carbons (Fsp3) is 0.500. The van der Waals surface area contributed by atoms with Gasteiger partial charge in [0, 0.05) is 44.0 Å². The quantitative estimate of drug-likeness (QED) is 0.868. The molecule has 106 valence electrons. The van der Waals surface area contributed by atoms with Crippen molar-refractivity contribution in [3.63, 3.8) is 0 Å². The molecule has 2 N–H and O–H groups in total. The average Bonchev–Trinajstić information content (AvgIpc) is 2.98. The van der Waals surface area contributed by atoms with E-state index in [0.717, 1.165) is 50.5 Å². The Morgan fingerprint density at radius 3 is 3.00 bits per heavy atom. The molecule has 0 bridgehead atoms. The van der Waals surface area contributed by atoms with Crippen LogP contribution in [-0.4, -0.2) is 39.9 Å². The second-order valence-electron chi connectivity index (χ2n) is 4.93. The molecule has 3 rings (SSSR count). The highest BCUT2D eigenvalue weighted by atomic mass is 16.5. The van der Waals surface area contributed by atoms with Crippen molar-refractivity contribution in [2.24, 2.45) is 0 Å². The van der Waals surface area contributed by atoms with Crippen molar-refractivity contribution < 1.29 is 4.74 Å². The van der Waals surface area contributed by atoms with Gasteiger partial charge in [-0.05, 0) is 25.0 Å². The van der Waals surface area contributed by atoms with Crippen LogP contribution in [0.4, 0.5) is 5.95 Å². The van der Waals surface area contributed by atoms with Crippen molar-refractivity contribution in [3.05, 3.63) is 35.9 Å². The van der Waals surface area contributed by atoms with E-state index in [1.54, 1.807) is 0 Å². The zero-order chi connectivity index (χ0) is 13.6. The molecule has 0 aromatic carbocycles. The SMILES string of the molecule is c1ccc(CCNc2n[nH]c(C3CCOCC3)n2)nc1. The Bertz CT molecular complexity index is 521. The molecule has 0 unspecified atom stereocenters. The van der Waals surface area contributed by atoms with E-state index in [4.69, 9.17) is 4.74 Å². The zero-order valence-corrected chi connectivity index (χ0v) is 11.4. The van der Waals surface area contributed by atoms with Crippen LogP contribution in [0.2, 0.25) is 0 Å². The lowest BCUT2D eigenvalue weighted by Crippen LogP contribution is -2.15. The van der Waals surface area contributed by atoms with E-state index in [2.05, 4.69) is 25.5 Å². The Balaban J connectivity index is 1.50. The molecule has 1 fully saturated rings. The maximum absolute atomic E-state index is 5.36. The van der Waals surface area contributed by atoms with Crippen LogP contribution < -0.4 is 5.32 Å². The van der Waals surface area contributed by atoms with E-state index in [0.29, 0.717) is 11.9 Å². The smallest absolute Gasteiger partial charge is 0.242 e. The Kier molecular flexibility index (Phi) is 4.22. The van der Waals surface area contributed by atoms with E-state index in [9.17, 15) is 0 Å². The van der Waals surface area contributed by atoms with Crippen LogP contribution in [0.25, 0.3) is 0 Å². The van der Waals surface area contributed by atoms with E-state index < -0.39 is 0 Å². The number of hydrogen-bond donors (Lipinski definition) is 2. The topological polar surface area (TPSA) is 75.7 Å². The van der Waals surface area contributed by atoms with E-state index in [-0.39, 0.29) is 0 Å². The molecule has 0 spiro atoms. The van der Waals surface area contributed by atoms with Crippen molar-refractivity contribution in [1.29, 1.82) is 0 Å². The lowest BCUT2D eigenvalue weighted by atomic mass is 10.00. The van der Waals surface area contributed by atoms with Gasteiger partial charge in [0.25, 0.3) is 0 Å². The van der Waals surface area contributed by atoms with Gasteiger partial charge in [-0.15, -0.1) is 5.10 Å². The highest BCUT2D eigenvalue weighted by Crippen LogP contribution is 2.24. The van der Waals surface area contributed by atoms with Crippen LogP contribution in [0.15, 0.2) is 24.4 Å². The van der Waals surface area contributed by atoms with Gasteiger partial charge in [-0.25, -0.2) is 0 Å². The van der Waals surface area contributed by atoms with Gasteiger partial charge >= 0.3 is 0 Å². The molecule has 0 amide bonds. The van der Waals surface area contributed by atoms with Crippen LogP contribution in [-0.2, 0) is 11.2 Å². The molecule has 0 aliphatic carbocycles. The van der Waals surface area contributed by atoms with Gasteiger partial charge in [0.2, 0.25) is 5.95 Å². The Hall–Kier alpha value is -1.95. The molecule has 20 heavy (non-hydrogen) atoms. The predicted octanol–water partition coefficient (Wildman–Crippen LogP) is 1.75. The molecule has 2 aromatic rings. The van der Waals surface area contributed by atoms with Crippen LogP contribution >= 0.6 is 0 Å². The maximum Gasteiger partial charge on any atom is 0.242 e. The van der Waals surface area contributed by atoms with Crippen LogP contribution in [0.5, 0.6) is 0 Å². The van der Waals surface area contributed by atoms with Crippen molar-refractivity contribution in [3.8, 4) is 0 Å². The summed E-state index contributed by atoms with van der Waals surface area (Å²) in [5, 5.41) is 10.5. The second-order valence-corrected chi connectivity index (χ2v) is 4.93. The molecule has 0 radical (unpaired) electrons. The number of rotatable bonds is 5. The summed E-state index contributed by atoms with van der Waals surface area (Å²) in [6, 6.07) is 5.94. The van der Waals surface area contributed by atoms with Gasteiger partial charge in [0.05, 0.1) is 0 Å². The Morgan fingerprint density at radius 2 is 2.20 bits per heavy atom. The van der Waals surface area contributed by atoms with Gasteiger partial charge in [-0.3, -0.25) is 10.1 Å². The minimum absolute atomic E-state index is 0.447. The number of ether oxygens (including phenoxy) is 1. The maximum atomic E-state index is 5.36. The summed E-state index contributed by atoms with van der Waals surface area (Å²) in [7, 11) is 0. The zero-order valence-electron chi connectivity index (χ0n) is 11.4. The number of aromatic nitrogens is 4. The number of nitrogens with zero attached hydrogens (tertiary/aromatic N) is 3. The van der Waals surface area contributed by atoms with Crippen LogP contribution in [0, 0.1) is 0 Å². The number of hydrogen-bond acceptors (Lipinski definition) is 5. The van der Waals surface area contributed by atoms with Gasteiger partial charge in [-0.1, -0.05) is 6.07 Å². The molecule has 1 aliphatic rings. The average molecular weight is 273 g/mol. The molecule has 0 atom stereocenters. The molecule has 3 heterocycles. The Morgan fingerprint density at radius 1 is 1.30 bits per heavy atom. The minimum Gasteiger partial charge on any atom is -0.381 e. The first-order valence-electron chi connectivity index (χ1n) is 7.05. The summed E-state index contributed by atoms with van der Waals surface area (Å²) < 4.78 is 5.36. The van der Waals surface area contributed by atoms with E-state index >= 15 is 0 Å². The first-order chi connectivity index (χ1) is 9.92. The molecule has 2 aromatic heterocycles. The monoisotopic (exact) mass is 273 g/mol. The van der Waals surface area contributed by atoms with Crippen molar-refractivity contribution in [1.82, 2.24) is 20.2 Å². The second kappa shape index (κ2) is 6.47. The highest BCUT2D eigenvalue weighted by molar-refractivity contribution is 5.24. The van der Waals surface area contributed by atoms with Gasteiger partial charge < -0.3 is 10.1 Å². The normalized spacial score (nSPS) is 16.2. The number of anilines is 1. The fourth-order valence-electron chi connectivity index (χ4n) is 2.36. The summed E-state index contributed by atoms with van der Waals surface area (Å²) >= 11 is 0. The summed E-state index contributed by atoms with van der Waals surface area (Å²) in [4.78, 5) is 8.80. The third-order valence-electron chi connectivity index (χ3n) is 3.50. The fourth-order valence-corrected chi connectivity index (χ4v) is 2.36. The summed E-state index contributed by atoms with van der Waals surface area (Å²) in [6.45, 7) is 2.41. The molecule has 1 saturated heterocycles. The number of H-pyrrole nitrogens is 1. The summed E-state index contributed by atoms with van der Waals surface area (Å²) in [5.74, 6) is 2.08. The first-order valence-corrected chi connectivity index (χ1v) is 7.05. The van der Waals surface area contributed by atoms with Crippen LogP contribution in [0.1, 0.15) is 30.3 Å². The molecule has 0 saturated carbocycles. The number of nitrogens with one attached hydrogen (secondary N) is 2. The van der Waals surface area contributed by atoms with Gasteiger partial charge in [0.1, 0.15) is 5.82 Å². The Labute approximate surface area is 118 Å². The molecular weight excluding hydrogens is 254 g/mol. The van der Waals surface area contributed by atoms with E-state index in [1.807, 2.05) is 24.4 Å². The standard InChI is InChI=1S/C14H19N5O/c1-2-7-15-12(3-1)4-8-16-14-17-13(18-19-14)11-5-9-20-10-6-11/h1-3,7,11H,4-6,8-10H2,(H2,16,17,18,19). The highest BCUT2D eigenvalue weighted by Gasteiger charge is 2.19. The molecule has 6 heteroatoms. The lowest BCUT2D eigenvalue weighted by molar-refractivity contribution is 0.0836. The number of pyridine rings is 1. The van der Waals surface area contributed by atoms with E-state index in [1.165, 1.54) is 0 Å². The summed E-state index contributed by atoms with van der Waals surface area (Å²) in [6.07, 6.45) is 4.71. The van der Waals surface area contributed by atoms with Crippen molar-refractivity contribution in [2.45, 2.75) is 25.2 Å². The molecule has 6 nitrogen and oxygen atoms in total. The largest absolute Gasteiger partial charge is 0.381 e. The molecule has 1 aliphatic heterocycles. The third-order valence-corrected chi connectivity index (χ3v) is 3.50. The summed E-state index contributed by atoms with van der Waals surface area (Å²) in [5.41, 5.74) is 1.07. The van der Waals surface area contributed by atoms with Crippen LogP contribution in [0.3, 0.4) is 0 Å². The van der Waals surface area contributed by atoms with Gasteiger partial charge in [0.15, 0.2) is 0 Å². The van der Waals surface area contributed by atoms with Gasteiger partial charge in [-0.2, -0.15) is 4.98 Å². The van der Waals surface area contributed by atoms with Crippen molar-refractivity contribution in [2.75, 3.05) is 25.1 Å².